The summed E-state index contributed by atoms with van der Waals surface area (Å²) in [5.41, 5.74) is 3.89. The lowest BCUT2D eigenvalue weighted by atomic mass is 10.1. The zero-order valence-electron chi connectivity index (χ0n) is 10.4. The van der Waals surface area contributed by atoms with Crippen LogP contribution < -0.4 is 5.32 Å². The summed E-state index contributed by atoms with van der Waals surface area (Å²) < 4.78 is 5.80. The molecule has 1 aliphatic heterocycles. The van der Waals surface area contributed by atoms with E-state index in [0.717, 1.165) is 6.54 Å². The molecule has 0 aromatic heterocycles. The quantitative estimate of drug-likeness (QED) is 0.842. The molecular weight excluding hydrogens is 198 g/mol. The molecule has 1 aliphatic rings. The van der Waals surface area contributed by atoms with E-state index in [1.807, 2.05) is 0 Å². The van der Waals surface area contributed by atoms with E-state index in [9.17, 15) is 0 Å². The number of anilines is 1. The van der Waals surface area contributed by atoms with E-state index >= 15 is 0 Å². The minimum absolute atomic E-state index is 0.383. The summed E-state index contributed by atoms with van der Waals surface area (Å²) in [4.78, 5) is 0. The first-order valence-corrected chi connectivity index (χ1v) is 6.12. The van der Waals surface area contributed by atoms with Crippen LogP contribution in [0.15, 0.2) is 18.2 Å². The monoisotopic (exact) mass is 219 g/mol. The fourth-order valence-electron chi connectivity index (χ4n) is 2.34. The molecule has 1 heterocycles. The second-order valence-corrected chi connectivity index (χ2v) is 4.79. The molecule has 1 aromatic carbocycles. The number of hydrogen-bond donors (Lipinski definition) is 1. The predicted molar refractivity (Wildman–Crippen MR) is 68.0 cm³/mol. The number of nitrogens with one attached hydrogen (secondary N) is 1. The molecule has 1 saturated heterocycles. The molecule has 2 rings (SSSR count). The van der Waals surface area contributed by atoms with Crippen LogP contribution >= 0.6 is 0 Å². The lowest BCUT2D eigenvalue weighted by Gasteiger charge is -2.16. The third-order valence-corrected chi connectivity index (χ3v) is 3.31. The molecule has 1 fully saturated rings. The van der Waals surface area contributed by atoms with Gasteiger partial charge < -0.3 is 10.1 Å². The first-order chi connectivity index (χ1) is 7.66. The van der Waals surface area contributed by atoms with Crippen LogP contribution in [-0.2, 0) is 4.74 Å². The van der Waals surface area contributed by atoms with Gasteiger partial charge in [-0.1, -0.05) is 18.2 Å². The first-order valence-electron chi connectivity index (χ1n) is 6.12. The number of benzene rings is 1. The van der Waals surface area contributed by atoms with Gasteiger partial charge in [-0.15, -0.1) is 0 Å². The van der Waals surface area contributed by atoms with E-state index in [1.54, 1.807) is 0 Å². The van der Waals surface area contributed by atoms with Gasteiger partial charge in [-0.3, -0.25) is 0 Å². The Labute approximate surface area is 98.0 Å². The number of para-hydroxylation sites is 1. The third kappa shape index (κ3) is 2.56. The highest BCUT2D eigenvalue weighted by molar-refractivity contribution is 5.56. The van der Waals surface area contributed by atoms with Crippen molar-refractivity contribution in [2.24, 2.45) is 0 Å². The summed E-state index contributed by atoms with van der Waals surface area (Å²) >= 11 is 0. The summed E-state index contributed by atoms with van der Waals surface area (Å²) in [7, 11) is 0. The van der Waals surface area contributed by atoms with Crippen LogP contribution in [0.5, 0.6) is 0 Å². The molecule has 0 spiro atoms. The highest BCUT2D eigenvalue weighted by Crippen LogP contribution is 2.22. The largest absolute Gasteiger partial charge is 0.382 e. The number of rotatable bonds is 3. The molecule has 0 amide bonds. The fraction of sp³-hybridized carbons (Fsp3) is 0.571. The van der Waals surface area contributed by atoms with Crippen LogP contribution in [0.1, 0.15) is 30.9 Å². The summed E-state index contributed by atoms with van der Waals surface area (Å²) in [6, 6.07) is 6.39. The average Bonchev–Trinajstić information content (AvgIpc) is 2.63. The summed E-state index contributed by atoms with van der Waals surface area (Å²) in [6.07, 6.45) is 3.19. The predicted octanol–water partition coefficient (Wildman–Crippen LogP) is 3.28. The van der Waals surface area contributed by atoms with Gasteiger partial charge in [0.2, 0.25) is 0 Å². The topological polar surface area (TPSA) is 21.3 Å². The molecule has 1 aromatic rings. The Morgan fingerprint density at radius 1 is 1.25 bits per heavy atom. The molecular formula is C14H21NO. The van der Waals surface area contributed by atoms with E-state index < -0.39 is 0 Å². The molecule has 16 heavy (non-hydrogen) atoms. The molecule has 88 valence electrons. The van der Waals surface area contributed by atoms with Crippen LogP contribution in [0.4, 0.5) is 5.69 Å². The molecule has 2 unspecified atom stereocenters. The average molecular weight is 219 g/mol. The maximum atomic E-state index is 5.80. The Morgan fingerprint density at radius 2 is 1.94 bits per heavy atom. The number of hydrogen-bond acceptors (Lipinski definition) is 2. The van der Waals surface area contributed by atoms with Crippen LogP contribution in [-0.4, -0.2) is 18.8 Å². The van der Waals surface area contributed by atoms with E-state index in [2.05, 4.69) is 44.3 Å². The molecule has 0 radical (unpaired) electrons. The molecule has 2 nitrogen and oxygen atoms in total. The lowest BCUT2D eigenvalue weighted by Crippen LogP contribution is -2.20. The van der Waals surface area contributed by atoms with Gasteiger partial charge in [0.15, 0.2) is 0 Å². The van der Waals surface area contributed by atoms with Crippen LogP contribution in [0.25, 0.3) is 0 Å². The van der Waals surface area contributed by atoms with E-state index in [0.29, 0.717) is 12.2 Å². The van der Waals surface area contributed by atoms with E-state index in [1.165, 1.54) is 29.7 Å². The zero-order chi connectivity index (χ0) is 11.5. The Bertz CT molecular complexity index is 342. The van der Waals surface area contributed by atoms with E-state index in [4.69, 9.17) is 4.74 Å². The Morgan fingerprint density at radius 3 is 2.50 bits per heavy atom. The third-order valence-electron chi connectivity index (χ3n) is 3.31. The van der Waals surface area contributed by atoms with Crippen molar-refractivity contribution < 1.29 is 4.74 Å². The van der Waals surface area contributed by atoms with Gasteiger partial charge in [0.25, 0.3) is 0 Å². The van der Waals surface area contributed by atoms with Crippen molar-refractivity contribution in [3.63, 3.8) is 0 Å². The summed E-state index contributed by atoms with van der Waals surface area (Å²) in [5.74, 6) is 0. The van der Waals surface area contributed by atoms with Crippen LogP contribution in [0.2, 0.25) is 0 Å². The van der Waals surface area contributed by atoms with Crippen molar-refractivity contribution in [1.82, 2.24) is 0 Å². The van der Waals surface area contributed by atoms with Gasteiger partial charge >= 0.3 is 0 Å². The van der Waals surface area contributed by atoms with Gasteiger partial charge in [0, 0.05) is 12.2 Å². The van der Waals surface area contributed by atoms with Gasteiger partial charge in [0.05, 0.1) is 12.2 Å². The van der Waals surface area contributed by atoms with Crippen LogP contribution in [0.3, 0.4) is 0 Å². The van der Waals surface area contributed by atoms with Crippen molar-refractivity contribution >= 4 is 5.69 Å². The van der Waals surface area contributed by atoms with Crippen molar-refractivity contribution in [2.75, 3.05) is 11.9 Å². The maximum absolute atomic E-state index is 5.80. The van der Waals surface area contributed by atoms with E-state index in [-0.39, 0.29) is 0 Å². The molecule has 2 atom stereocenters. The second-order valence-electron chi connectivity index (χ2n) is 4.79. The van der Waals surface area contributed by atoms with Crippen molar-refractivity contribution in [2.45, 2.75) is 45.8 Å². The summed E-state index contributed by atoms with van der Waals surface area (Å²) in [5, 5.41) is 3.52. The van der Waals surface area contributed by atoms with Gasteiger partial charge in [-0.25, -0.2) is 0 Å². The highest BCUT2D eigenvalue weighted by atomic mass is 16.5. The van der Waals surface area contributed by atoms with Crippen molar-refractivity contribution in [3.8, 4) is 0 Å². The normalized spacial score (nSPS) is 24.7. The SMILES string of the molecule is Cc1cccc(C)c1NCC1CCC(C)O1. The maximum Gasteiger partial charge on any atom is 0.0751 e. The molecule has 0 bridgehead atoms. The van der Waals surface area contributed by atoms with Crippen LogP contribution in [0, 0.1) is 13.8 Å². The minimum Gasteiger partial charge on any atom is -0.382 e. The number of aryl methyl sites for hydroxylation is 2. The summed E-state index contributed by atoms with van der Waals surface area (Å²) in [6.45, 7) is 7.37. The van der Waals surface area contributed by atoms with Crippen molar-refractivity contribution in [3.05, 3.63) is 29.3 Å². The van der Waals surface area contributed by atoms with Gasteiger partial charge in [0.1, 0.15) is 0 Å². The second kappa shape index (κ2) is 4.88. The fourth-order valence-corrected chi connectivity index (χ4v) is 2.34. The Balaban J connectivity index is 1.94. The standard InChI is InChI=1S/C14H21NO/c1-10-5-4-6-11(2)14(10)15-9-13-8-7-12(3)16-13/h4-6,12-13,15H,7-9H2,1-3H3. The van der Waals surface area contributed by atoms with Crippen molar-refractivity contribution in [1.29, 1.82) is 0 Å². The van der Waals surface area contributed by atoms with Gasteiger partial charge in [-0.2, -0.15) is 0 Å². The molecule has 2 heteroatoms. The first kappa shape index (κ1) is 11.5. The molecule has 0 saturated carbocycles. The highest BCUT2D eigenvalue weighted by Gasteiger charge is 2.21. The lowest BCUT2D eigenvalue weighted by molar-refractivity contribution is 0.0637. The number of ether oxygens (including phenoxy) is 1. The van der Waals surface area contributed by atoms with Gasteiger partial charge in [-0.05, 0) is 44.7 Å². The molecule has 1 N–H and O–H groups in total. The molecule has 0 aliphatic carbocycles. The Kier molecular flexibility index (Phi) is 3.49. The zero-order valence-corrected chi connectivity index (χ0v) is 10.4. The smallest absolute Gasteiger partial charge is 0.0751 e. The minimum atomic E-state index is 0.383. The Hall–Kier alpha value is -1.02.